The predicted molar refractivity (Wildman–Crippen MR) is 121 cm³/mol. The first-order chi connectivity index (χ1) is 13.7. The van der Waals surface area contributed by atoms with Gasteiger partial charge in [0.25, 0.3) is 0 Å². The van der Waals surface area contributed by atoms with Gasteiger partial charge in [0.2, 0.25) is 0 Å². The van der Waals surface area contributed by atoms with Gasteiger partial charge in [0.15, 0.2) is 0 Å². The van der Waals surface area contributed by atoms with Crippen LogP contribution in [0.25, 0.3) is 0 Å². The summed E-state index contributed by atoms with van der Waals surface area (Å²) in [6, 6.07) is 0. The van der Waals surface area contributed by atoms with Crippen LogP contribution in [0.4, 0.5) is 0 Å². The second kappa shape index (κ2) is 19.6. The van der Waals surface area contributed by atoms with Crippen LogP contribution >= 0.6 is 23.5 Å². The number of rotatable bonds is 14. The fourth-order valence-corrected chi connectivity index (χ4v) is 5.09. The molecule has 0 saturated carbocycles. The zero-order valence-corrected chi connectivity index (χ0v) is 22.9. The Morgan fingerprint density at radius 1 is 0.839 bits per heavy atom. The van der Waals surface area contributed by atoms with Crippen molar-refractivity contribution < 1.29 is 45.0 Å². The summed E-state index contributed by atoms with van der Waals surface area (Å²) in [7, 11) is -8.29. The van der Waals surface area contributed by atoms with E-state index in [1.165, 1.54) is 23.5 Å². The number of ether oxygens (including phenoxy) is 2. The van der Waals surface area contributed by atoms with Gasteiger partial charge in [0.05, 0.1) is 20.2 Å². The van der Waals surface area contributed by atoms with Crippen LogP contribution in [0.3, 0.4) is 0 Å². The van der Waals surface area contributed by atoms with Crippen molar-refractivity contribution in [2.75, 3.05) is 34.5 Å². The molecule has 0 aliphatic carbocycles. The molecule has 0 saturated heterocycles. The first-order valence-electron chi connectivity index (χ1n) is 8.38. The zero-order valence-electron chi connectivity index (χ0n) is 17.4. The number of hydrogen-bond acceptors (Lipinski definition) is 12. The molecule has 0 aliphatic heterocycles. The van der Waals surface area contributed by atoms with Gasteiger partial charge in [-0.15, -0.1) is 0 Å². The van der Waals surface area contributed by atoms with E-state index in [0.29, 0.717) is 11.5 Å². The summed E-state index contributed by atoms with van der Waals surface area (Å²) in [5.74, 6) is -0.507. The molecule has 0 aromatic rings. The maximum absolute atomic E-state index is 10.7. The van der Waals surface area contributed by atoms with Crippen LogP contribution in [0.2, 0.25) is 0 Å². The van der Waals surface area contributed by atoms with Crippen LogP contribution in [-0.4, -0.2) is 122 Å². The van der Waals surface area contributed by atoms with Crippen LogP contribution in [-0.2, 0) is 39.3 Å². The first-order valence-corrected chi connectivity index (χ1v) is 13.8. The summed E-state index contributed by atoms with van der Waals surface area (Å²) in [4.78, 5) is 21.4. The Morgan fingerprint density at radius 2 is 1.13 bits per heavy atom. The van der Waals surface area contributed by atoms with Crippen molar-refractivity contribution in [3.05, 3.63) is 25.3 Å². The molecule has 0 N–H and O–H groups in total. The molecular weight excluding hydrogens is 521 g/mol. The molecule has 0 heterocycles. The van der Waals surface area contributed by atoms with E-state index in [9.17, 15) is 35.5 Å². The Morgan fingerprint density at radius 3 is 1.35 bits per heavy atom. The van der Waals surface area contributed by atoms with Gasteiger partial charge >= 0.3 is 49.7 Å². The second-order valence-electron chi connectivity index (χ2n) is 5.58. The third-order valence-electron chi connectivity index (χ3n) is 2.63. The minimum absolute atomic E-state index is 0. The van der Waals surface area contributed by atoms with Crippen molar-refractivity contribution in [2.45, 2.75) is 26.1 Å². The minimum Gasteiger partial charge on any atom is -0.748 e. The zero-order chi connectivity index (χ0) is 23.8. The van der Waals surface area contributed by atoms with Gasteiger partial charge < -0.3 is 18.6 Å². The SMILES string of the molecule is C=CC(=O)OC(C)CSCCS(=O)(=O)[O-].C=CC(=O)OC(C)CSCCS(=O)(=O)[O-].[Ca+2]. The Kier molecular flexibility index (Phi) is 22.7. The largest absolute Gasteiger partial charge is 2.00 e. The molecule has 0 amide bonds. The average Bonchev–Trinajstić information content (AvgIpc) is 2.61. The summed E-state index contributed by atoms with van der Waals surface area (Å²) in [5.41, 5.74) is 0. The Labute approximate surface area is 222 Å². The van der Waals surface area contributed by atoms with Crippen molar-refractivity contribution in [1.82, 2.24) is 0 Å². The molecule has 0 rings (SSSR count). The summed E-state index contributed by atoms with van der Waals surface area (Å²) in [5, 5.41) is 0. The third-order valence-corrected chi connectivity index (χ3v) is 6.95. The molecule has 10 nitrogen and oxygen atoms in total. The van der Waals surface area contributed by atoms with Gasteiger partial charge in [-0.2, -0.15) is 23.5 Å². The number of carbonyl (C=O) groups excluding carboxylic acids is 2. The van der Waals surface area contributed by atoms with E-state index in [1.54, 1.807) is 13.8 Å². The molecule has 2 unspecified atom stereocenters. The summed E-state index contributed by atoms with van der Waals surface area (Å²) < 4.78 is 71.0. The summed E-state index contributed by atoms with van der Waals surface area (Å²) in [6.45, 7) is 9.84. The molecule has 176 valence electrons. The van der Waals surface area contributed by atoms with Crippen LogP contribution in [0.1, 0.15) is 13.8 Å². The molecule has 31 heavy (non-hydrogen) atoms. The molecule has 0 bridgehead atoms. The Bertz CT molecular complexity index is 688. The Hall–Kier alpha value is 0.200. The van der Waals surface area contributed by atoms with Crippen LogP contribution < -0.4 is 0 Å². The van der Waals surface area contributed by atoms with E-state index >= 15 is 0 Å². The first kappa shape index (κ1) is 35.8. The molecule has 0 aromatic carbocycles. The molecule has 0 radical (unpaired) electrons. The van der Waals surface area contributed by atoms with E-state index in [4.69, 9.17) is 9.47 Å². The van der Waals surface area contributed by atoms with Crippen LogP contribution in [0.5, 0.6) is 0 Å². The normalized spacial score (nSPS) is 12.8. The van der Waals surface area contributed by atoms with Gasteiger partial charge in [-0.1, -0.05) is 13.2 Å². The van der Waals surface area contributed by atoms with E-state index in [2.05, 4.69) is 13.2 Å². The molecule has 0 fully saturated rings. The minimum atomic E-state index is -4.14. The van der Waals surface area contributed by atoms with E-state index < -0.39 is 43.7 Å². The molecule has 2 atom stereocenters. The topological polar surface area (TPSA) is 167 Å². The Balaban J connectivity index is -0.000000490. The maximum Gasteiger partial charge on any atom is 2.00 e. The van der Waals surface area contributed by atoms with Crippen molar-refractivity contribution >= 4 is 93.4 Å². The third kappa shape index (κ3) is 30.2. The molecule has 0 aliphatic rings. The smallest absolute Gasteiger partial charge is 0.748 e. The van der Waals surface area contributed by atoms with E-state index in [0.717, 1.165) is 12.2 Å². The van der Waals surface area contributed by atoms with Crippen molar-refractivity contribution in [1.29, 1.82) is 0 Å². The fourth-order valence-electron chi connectivity index (χ4n) is 1.38. The van der Waals surface area contributed by atoms with Crippen molar-refractivity contribution in [3.63, 3.8) is 0 Å². The van der Waals surface area contributed by atoms with E-state index in [1.807, 2.05) is 0 Å². The average molecular weight is 547 g/mol. The van der Waals surface area contributed by atoms with Gasteiger partial charge in [-0.05, 0) is 13.8 Å². The maximum atomic E-state index is 10.7. The summed E-state index contributed by atoms with van der Waals surface area (Å²) in [6.07, 6.45) is 1.47. The van der Waals surface area contributed by atoms with Crippen molar-refractivity contribution in [2.24, 2.45) is 0 Å². The molecule has 0 aromatic heterocycles. The molecule has 0 spiro atoms. The number of hydrogen-bond donors (Lipinski definition) is 0. The predicted octanol–water partition coefficient (Wildman–Crippen LogP) is 0.384. The van der Waals surface area contributed by atoms with Gasteiger partial charge in [0.1, 0.15) is 12.2 Å². The van der Waals surface area contributed by atoms with E-state index in [-0.39, 0.29) is 61.5 Å². The summed E-state index contributed by atoms with van der Waals surface area (Å²) >= 11 is 2.50. The van der Waals surface area contributed by atoms with Crippen LogP contribution in [0.15, 0.2) is 25.3 Å². The van der Waals surface area contributed by atoms with Crippen molar-refractivity contribution in [3.8, 4) is 0 Å². The van der Waals surface area contributed by atoms with Gasteiger partial charge in [-0.3, -0.25) is 0 Å². The standard InChI is InChI=1S/2C8H14O5S2.Ca/c2*1-3-8(9)13-7(2)6-14-4-5-15(10,11)12;/h2*3,7H,1,4-6H2,2H3,(H,10,11,12);/q;;+2/p-2. The van der Waals surface area contributed by atoms with Gasteiger partial charge in [0, 0.05) is 46.7 Å². The quantitative estimate of drug-likeness (QED) is 0.0967. The molecule has 15 heteroatoms. The number of carbonyl (C=O) groups is 2. The monoisotopic (exact) mass is 546 g/mol. The fraction of sp³-hybridized carbons (Fsp3) is 0.625. The van der Waals surface area contributed by atoms with Gasteiger partial charge in [-0.25, -0.2) is 26.4 Å². The molecular formula is C16H26CaO10S4. The number of esters is 2. The van der Waals surface area contributed by atoms with Crippen LogP contribution in [0, 0.1) is 0 Å². The number of thioether (sulfide) groups is 2. The second-order valence-corrected chi connectivity index (χ2v) is 10.9.